The summed E-state index contributed by atoms with van der Waals surface area (Å²) in [5.74, 6) is 0.443. The van der Waals surface area contributed by atoms with E-state index in [1.54, 1.807) is 7.05 Å². The van der Waals surface area contributed by atoms with Gasteiger partial charge in [-0.2, -0.15) is 0 Å². The number of halogens is 2. The van der Waals surface area contributed by atoms with Crippen LogP contribution in [0.5, 0.6) is 0 Å². The van der Waals surface area contributed by atoms with Gasteiger partial charge in [0, 0.05) is 23.0 Å². The molecule has 5 heteroatoms. The molecule has 0 aliphatic rings. The van der Waals surface area contributed by atoms with E-state index >= 15 is 0 Å². The maximum absolute atomic E-state index is 6.17. The molecule has 0 N–H and O–H groups in total. The van der Waals surface area contributed by atoms with Crippen LogP contribution in [0.3, 0.4) is 0 Å². The van der Waals surface area contributed by atoms with Gasteiger partial charge in [0.15, 0.2) is 10.7 Å². The van der Waals surface area contributed by atoms with E-state index in [-0.39, 0.29) is 0 Å². The lowest BCUT2D eigenvalue weighted by Crippen LogP contribution is -2.26. The van der Waals surface area contributed by atoms with Crippen molar-refractivity contribution in [2.75, 3.05) is 7.05 Å². The summed E-state index contributed by atoms with van der Waals surface area (Å²) in [6.45, 7) is 0. The molecule has 0 saturated carbocycles. The van der Waals surface area contributed by atoms with E-state index < -0.39 is 11.9 Å². The van der Waals surface area contributed by atoms with Crippen molar-refractivity contribution in [3.05, 3.63) is 91.0 Å². The van der Waals surface area contributed by atoms with Gasteiger partial charge in [0.05, 0.1) is 7.05 Å². The SMILES string of the molecule is CN=C(N=P(c1ccccc1)(c1ccccc1)c1ccccc1)C(Cl)Cl. The Morgan fingerprint density at radius 3 is 1.31 bits per heavy atom. The summed E-state index contributed by atoms with van der Waals surface area (Å²) in [4.78, 5) is 3.48. The Labute approximate surface area is 164 Å². The number of benzene rings is 3. The third-order valence-corrected chi connectivity index (χ3v) is 8.10. The summed E-state index contributed by atoms with van der Waals surface area (Å²) in [7, 11) is -0.682. The van der Waals surface area contributed by atoms with E-state index in [0.717, 1.165) is 15.9 Å². The molecule has 0 spiro atoms. The number of hydrogen-bond donors (Lipinski definition) is 0. The lowest BCUT2D eigenvalue weighted by atomic mass is 10.4. The van der Waals surface area contributed by atoms with E-state index in [9.17, 15) is 0 Å². The van der Waals surface area contributed by atoms with Crippen LogP contribution in [0.1, 0.15) is 0 Å². The van der Waals surface area contributed by atoms with E-state index in [1.165, 1.54) is 0 Å². The number of amidine groups is 1. The maximum Gasteiger partial charge on any atom is 0.166 e. The number of aliphatic imine (C=N–C) groups is 1. The van der Waals surface area contributed by atoms with Crippen LogP contribution in [0, 0.1) is 0 Å². The highest BCUT2D eigenvalue weighted by atomic mass is 35.5. The van der Waals surface area contributed by atoms with Gasteiger partial charge in [-0.1, -0.05) is 114 Å². The molecule has 0 aliphatic carbocycles. The average molecular weight is 401 g/mol. The molecule has 0 fully saturated rings. The van der Waals surface area contributed by atoms with Crippen LogP contribution in [0.4, 0.5) is 0 Å². The van der Waals surface area contributed by atoms with Gasteiger partial charge < -0.3 is 0 Å². The molecule has 132 valence electrons. The van der Waals surface area contributed by atoms with Crippen LogP contribution in [0.2, 0.25) is 0 Å². The highest BCUT2D eigenvalue weighted by Crippen LogP contribution is 2.47. The van der Waals surface area contributed by atoms with Gasteiger partial charge in [-0.3, -0.25) is 4.99 Å². The van der Waals surface area contributed by atoms with Crippen molar-refractivity contribution >= 4 is 52.0 Å². The molecular weight excluding hydrogens is 382 g/mol. The third-order valence-electron chi connectivity index (χ3n) is 4.07. The Bertz CT molecular complexity index is 821. The molecule has 2 nitrogen and oxygen atoms in total. The second-order valence-corrected chi connectivity index (χ2v) is 9.74. The lowest BCUT2D eigenvalue weighted by Gasteiger charge is -2.27. The first-order chi connectivity index (χ1) is 12.7. The molecule has 0 saturated heterocycles. The molecule has 0 amide bonds. The minimum absolute atomic E-state index is 0.443. The maximum atomic E-state index is 6.17. The highest BCUT2D eigenvalue weighted by Gasteiger charge is 2.28. The van der Waals surface area contributed by atoms with E-state index in [1.807, 2.05) is 54.6 Å². The van der Waals surface area contributed by atoms with Crippen LogP contribution in [0.25, 0.3) is 0 Å². The zero-order valence-corrected chi connectivity index (χ0v) is 16.7. The smallest absolute Gasteiger partial charge is 0.166 e. The Morgan fingerprint density at radius 1 is 0.692 bits per heavy atom. The van der Waals surface area contributed by atoms with E-state index in [0.29, 0.717) is 5.84 Å². The monoisotopic (exact) mass is 400 g/mol. The number of nitrogens with zero attached hydrogens (tertiary/aromatic N) is 2. The summed E-state index contributed by atoms with van der Waals surface area (Å²) in [6.07, 6.45) is 0. The summed E-state index contributed by atoms with van der Waals surface area (Å²) in [5.41, 5.74) is 0. The molecule has 26 heavy (non-hydrogen) atoms. The molecule has 0 aromatic heterocycles. The van der Waals surface area contributed by atoms with Crippen LogP contribution in [0.15, 0.2) is 101 Å². The number of hydrogen-bond acceptors (Lipinski definition) is 1. The zero-order chi connectivity index (χ0) is 18.4. The van der Waals surface area contributed by atoms with Gasteiger partial charge in [-0.15, -0.1) is 0 Å². The normalized spacial score (nSPS) is 12.2. The standard InChI is InChI=1S/C21H19Cl2N2P/c1-24-21(20(22)23)25-26(17-11-5-2-6-12-17,18-13-7-3-8-14-18)19-15-9-4-10-16-19/h2-16,20H,1H3. The predicted molar refractivity (Wildman–Crippen MR) is 116 cm³/mol. The van der Waals surface area contributed by atoms with Gasteiger partial charge in [0.1, 0.15) is 0 Å². The second kappa shape index (κ2) is 8.68. The van der Waals surface area contributed by atoms with Gasteiger partial charge in [-0.05, 0) is 0 Å². The van der Waals surface area contributed by atoms with Crippen LogP contribution in [-0.2, 0) is 0 Å². The topological polar surface area (TPSA) is 24.7 Å². The fraction of sp³-hybridized carbons (Fsp3) is 0.0952. The van der Waals surface area contributed by atoms with Crippen LogP contribution >= 0.6 is 30.3 Å². The van der Waals surface area contributed by atoms with Crippen LogP contribution in [-0.4, -0.2) is 17.7 Å². The molecule has 0 atom stereocenters. The minimum Gasteiger partial charge on any atom is -0.272 e. The Morgan fingerprint density at radius 2 is 1.04 bits per heavy atom. The minimum atomic E-state index is -2.35. The summed E-state index contributed by atoms with van der Waals surface area (Å²) in [5, 5.41) is 3.40. The first kappa shape index (κ1) is 18.9. The number of alkyl halides is 2. The fourth-order valence-electron chi connectivity index (χ4n) is 2.89. The van der Waals surface area contributed by atoms with Crippen molar-refractivity contribution in [2.45, 2.75) is 4.84 Å². The Hall–Kier alpha value is -1.86. The van der Waals surface area contributed by atoms with Gasteiger partial charge in [-0.25, -0.2) is 4.74 Å². The largest absolute Gasteiger partial charge is 0.272 e. The molecule has 0 radical (unpaired) electrons. The molecule has 3 aromatic carbocycles. The van der Waals surface area contributed by atoms with Gasteiger partial charge in [0.2, 0.25) is 0 Å². The van der Waals surface area contributed by atoms with E-state index in [2.05, 4.69) is 41.4 Å². The molecule has 0 unspecified atom stereocenters. The molecule has 3 rings (SSSR count). The Kier molecular flexibility index (Phi) is 6.32. The van der Waals surface area contributed by atoms with Gasteiger partial charge >= 0.3 is 0 Å². The predicted octanol–water partition coefficient (Wildman–Crippen LogP) is 5.00. The highest BCUT2D eigenvalue weighted by molar-refractivity contribution is 7.87. The van der Waals surface area contributed by atoms with Gasteiger partial charge in [0.25, 0.3) is 0 Å². The second-order valence-electron chi connectivity index (χ2n) is 5.62. The van der Waals surface area contributed by atoms with Crippen molar-refractivity contribution in [2.24, 2.45) is 9.74 Å². The third kappa shape index (κ3) is 3.78. The number of rotatable bonds is 4. The lowest BCUT2D eigenvalue weighted by molar-refractivity contribution is 1.37. The van der Waals surface area contributed by atoms with Crippen LogP contribution < -0.4 is 15.9 Å². The summed E-state index contributed by atoms with van der Waals surface area (Å²) >= 11 is 12.3. The quantitative estimate of drug-likeness (QED) is 0.255. The molecule has 0 bridgehead atoms. The zero-order valence-electron chi connectivity index (χ0n) is 14.3. The van der Waals surface area contributed by atoms with Crippen molar-refractivity contribution in [1.82, 2.24) is 0 Å². The fourth-order valence-corrected chi connectivity index (χ4v) is 6.88. The van der Waals surface area contributed by atoms with Crippen molar-refractivity contribution in [3.63, 3.8) is 0 Å². The van der Waals surface area contributed by atoms with E-state index in [4.69, 9.17) is 27.9 Å². The molecule has 3 aromatic rings. The van der Waals surface area contributed by atoms with Crippen molar-refractivity contribution in [1.29, 1.82) is 0 Å². The first-order valence-corrected chi connectivity index (χ1v) is 10.8. The average Bonchev–Trinajstić information content (AvgIpc) is 2.71. The summed E-state index contributed by atoms with van der Waals surface area (Å²) < 4.78 is 5.13. The first-order valence-electron chi connectivity index (χ1n) is 8.22. The molecular formula is C21H19Cl2N2P. The Balaban J connectivity index is 2.46. The molecule has 0 aliphatic heterocycles. The van der Waals surface area contributed by atoms with Crippen molar-refractivity contribution < 1.29 is 0 Å². The van der Waals surface area contributed by atoms with Crippen molar-refractivity contribution in [3.8, 4) is 0 Å². The summed E-state index contributed by atoms with van der Waals surface area (Å²) in [6, 6.07) is 30.9. The molecule has 0 heterocycles.